The van der Waals surface area contributed by atoms with E-state index in [0.29, 0.717) is 28.7 Å². The molecular formula is C13H13ClN2O4S3. The zero-order chi connectivity index (χ0) is 16.7. The van der Waals surface area contributed by atoms with Gasteiger partial charge in [0.2, 0.25) is 10.0 Å². The van der Waals surface area contributed by atoms with Gasteiger partial charge in [-0.05, 0) is 36.8 Å². The smallest absolute Gasteiger partial charge is 0.271 e. The Morgan fingerprint density at radius 1 is 1.22 bits per heavy atom. The van der Waals surface area contributed by atoms with Crippen molar-refractivity contribution < 1.29 is 16.8 Å². The normalized spacial score (nSPS) is 17.3. The third-order valence-corrected chi connectivity index (χ3v) is 8.27. The fraction of sp³-hybridized carbons (Fsp3) is 0.231. The summed E-state index contributed by atoms with van der Waals surface area (Å²) in [5.74, 6) is 0.108. The van der Waals surface area contributed by atoms with Gasteiger partial charge in [0.1, 0.15) is 4.21 Å². The van der Waals surface area contributed by atoms with E-state index in [4.69, 9.17) is 11.6 Å². The first-order valence-electron chi connectivity index (χ1n) is 6.67. The summed E-state index contributed by atoms with van der Waals surface area (Å²) in [4.78, 5) is 0. The lowest BCUT2D eigenvalue weighted by molar-refractivity contribution is 0.599. The lowest BCUT2D eigenvalue weighted by Gasteiger charge is -2.17. The van der Waals surface area contributed by atoms with E-state index < -0.39 is 20.0 Å². The maximum absolute atomic E-state index is 12.3. The molecule has 0 radical (unpaired) electrons. The van der Waals surface area contributed by atoms with Gasteiger partial charge in [-0.15, -0.1) is 11.3 Å². The average molecular weight is 393 g/mol. The fourth-order valence-electron chi connectivity index (χ4n) is 2.30. The highest BCUT2D eigenvalue weighted by Gasteiger charge is 2.28. The van der Waals surface area contributed by atoms with Crippen LogP contribution in [0.2, 0.25) is 4.34 Å². The minimum atomic E-state index is -3.75. The number of hydrogen-bond donors (Lipinski definition) is 1. The summed E-state index contributed by atoms with van der Waals surface area (Å²) in [5, 5.41) is 0. The van der Waals surface area contributed by atoms with Crippen molar-refractivity contribution in [2.75, 3.05) is 21.3 Å². The molecular weight excluding hydrogens is 380 g/mol. The van der Waals surface area contributed by atoms with Gasteiger partial charge in [0.15, 0.2) is 0 Å². The van der Waals surface area contributed by atoms with Crippen molar-refractivity contribution in [3.05, 3.63) is 40.7 Å². The molecule has 1 aliphatic rings. The molecule has 10 heteroatoms. The Hall–Kier alpha value is -1.29. The predicted molar refractivity (Wildman–Crippen MR) is 92.3 cm³/mol. The first kappa shape index (κ1) is 16.6. The van der Waals surface area contributed by atoms with Crippen molar-refractivity contribution in [1.29, 1.82) is 0 Å². The van der Waals surface area contributed by atoms with E-state index in [1.54, 1.807) is 18.2 Å². The number of nitrogens with one attached hydrogen (secondary N) is 1. The number of rotatable bonds is 4. The van der Waals surface area contributed by atoms with Gasteiger partial charge in [-0.25, -0.2) is 16.8 Å². The van der Waals surface area contributed by atoms with Crippen LogP contribution in [0.1, 0.15) is 6.42 Å². The first-order valence-corrected chi connectivity index (χ1v) is 11.0. The topological polar surface area (TPSA) is 83.6 Å². The lowest BCUT2D eigenvalue weighted by atomic mass is 10.3. The van der Waals surface area contributed by atoms with Crippen LogP contribution in [0.15, 0.2) is 40.6 Å². The Labute approximate surface area is 143 Å². The summed E-state index contributed by atoms with van der Waals surface area (Å²) in [6, 6.07) is 9.26. The molecule has 3 rings (SSSR count). The number of anilines is 2. The quantitative estimate of drug-likeness (QED) is 0.867. The molecule has 1 saturated heterocycles. The van der Waals surface area contributed by atoms with Crippen molar-refractivity contribution in [2.24, 2.45) is 0 Å². The Morgan fingerprint density at radius 3 is 2.61 bits per heavy atom. The first-order chi connectivity index (χ1) is 10.8. The average Bonchev–Trinajstić information content (AvgIpc) is 3.04. The van der Waals surface area contributed by atoms with Crippen molar-refractivity contribution in [2.45, 2.75) is 10.6 Å². The molecule has 2 heterocycles. The Kier molecular flexibility index (Phi) is 4.30. The summed E-state index contributed by atoms with van der Waals surface area (Å²) < 4.78 is 52.7. The van der Waals surface area contributed by atoms with Crippen molar-refractivity contribution in [3.8, 4) is 0 Å². The largest absolute Gasteiger partial charge is 0.279 e. The van der Waals surface area contributed by atoms with Gasteiger partial charge in [-0.2, -0.15) is 0 Å². The van der Waals surface area contributed by atoms with Crippen LogP contribution in [0.3, 0.4) is 0 Å². The SMILES string of the molecule is O=S(=O)(Nc1cccc(N2CCCS2(=O)=O)c1)c1ccc(Cl)s1. The number of benzene rings is 1. The van der Waals surface area contributed by atoms with E-state index in [2.05, 4.69) is 4.72 Å². The van der Waals surface area contributed by atoms with Crippen LogP contribution in [-0.4, -0.2) is 29.1 Å². The molecule has 0 unspecified atom stereocenters. The fourth-order valence-corrected chi connectivity index (χ4v) is 6.39. The maximum atomic E-state index is 12.3. The monoisotopic (exact) mass is 392 g/mol. The van der Waals surface area contributed by atoms with Crippen LogP contribution in [-0.2, 0) is 20.0 Å². The number of sulfonamides is 2. The van der Waals surface area contributed by atoms with Crippen LogP contribution in [0.4, 0.5) is 11.4 Å². The molecule has 1 aromatic carbocycles. The van der Waals surface area contributed by atoms with E-state index in [1.807, 2.05) is 0 Å². The van der Waals surface area contributed by atoms with Crippen LogP contribution in [0, 0.1) is 0 Å². The zero-order valence-electron chi connectivity index (χ0n) is 11.8. The summed E-state index contributed by atoms with van der Waals surface area (Å²) in [6.07, 6.45) is 0.561. The predicted octanol–water partition coefficient (Wildman–Crippen LogP) is 2.74. The van der Waals surface area contributed by atoms with Crippen LogP contribution in [0.5, 0.6) is 0 Å². The zero-order valence-corrected chi connectivity index (χ0v) is 15.0. The second-order valence-corrected chi connectivity index (χ2v) is 10.6. The molecule has 0 amide bonds. The molecule has 0 spiro atoms. The molecule has 0 saturated carbocycles. The molecule has 23 heavy (non-hydrogen) atoms. The van der Waals surface area contributed by atoms with Gasteiger partial charge in [0.05, 0.1) is 21.5 Å². The van der Waals surface area contributed by atoms with E-state index >= 15 is 0 Å². The van der Waals surface area contributed by atoms with Crippen molar-refractivity contribution in [3.63, 3.8) is 0 Å². The van der Waals surface area contributed by atoms with E-state index in [0.717, 1.165) is 11.3 Å². The minimum Gasteiger partial charge on any atom is -0.279 e. The number of nitrogens with zero attached hydrogens (tertiary/aromatic N) is 1. The van der Waals surface area contributed by atoms with Crippen LogP contribution < -0.4 is 9.03 Å². The van der Waals surface area contributed by atoms with Gasteiger partial charge < -0.3 is 0 Å². The third kappa shape index (κ3) is 3.47. The Balaban J connectivity index is 1.89. The highest BCUT2D eigenvalue weighted by atomic mass is 35.5. The Bertz CT molecular complexity index is 938. The second kappa shape index (κ2) is 5.97. The maximum Gasteiger partial charge on any atom is 0.271 e. The van der Waals surface area contributed by atoms with Gasteiger partial charge in [0, 0.05) is 6.54 Å². The second-order valence-electron chi connectivity index (χ2n) is 4.96. The molecule has 0 atom stereocenters. The van der Waals surface area contributed by atoms with Crippen molar-refractivity contribution in [1.82, 2.24) is 0 Å². The van der Waals surface area contributed by atoms with E-state index in [-0.39, 0.29) is 9.96 Å². The molecule has 124 valence electrons. The molecule has 0 bridgehead atoms. The summed E-state index contributed by atoms with van der Waals surface area (Å²) in [7, 11) is -7.05. The third-order valence-electron chi connectivity index (χ3n) is 3.30. The standard InChI is InChI=1S/C13H13ClN2O4S3/c14-12-5-6-13(21-12)23(19,20)15-10-3-1-4-11(9-10)16-7-2-8-22(16,17)18/h1,3-6,9,15H,2,7-8H2. The van der Waals surface area contributed by atoms with Crippen LogP contribution >= 0.6 is 22.9 Å². The summed E-state index contributed by atoms with van der Waals surface area (Å²) in [6.45, 7) is 0.402. The van der Waals surface area contributed by atoms with E-state index in [1.165, 1.54) is 22.5 Å². The molecule has 1 aliphatic heterocycles. The van der Waals surface area contributed by atoms with Gasteiger partial charge in [-0.3, -0.25) is 9.03 Å². The number of halogens is 1. The molecule has 1 aromatic heterocycles. The highest BCUT2D eigenvalue weighted by molar-refractivity contribution is 7.94. The van der Waals surface area contributed by atoms with Crippen molar-refractivity contribution >= 4 is 54.4 Å². The molecule has 0 aliphatic carbocycles. The highest BCUT2D eigenvalue weighted by Crippen LogP contribution is 2.30. The molecule has 1 N–H and O–H groups in total. The van der Waals surface area contributed by atoms with Gasteiger partial charge >= 0.3 is 0 Å². The lowest BCUT2D eigenvalue weighted by Crippen LogP contribution is -2.25. The van der Waals surface area contributed by atoms with Gasteiger partial charge in [-0.1, -0.05) is 17.7 Å². The number of thiophene rings is 1. The molecule has 6 nitrogen and oxygen atoms in total. The summed E-state index contributed by atoms with van der Waals surface area (Å²) in [5.41, 5.74) is 0.751. The van der Waals surface area contributed by atoms with Crippen LogP contribution in [0.25, 0.3) is 0 Å². The van der Waals surface area contributed by atoms with Gasteiger partial charge in [0.25, 0.3) is 10.0 Å². The molecule has 2 aromatic rings. The number of hydrogen-bond acceptors (Lipinski definition) is 5. The van der Waals surface area contributed by atoms with E-state index in [9.17, 15) is 16.8 Å². The summed E-state index contributed by atoms with van der Waals surface area (Å²) >= 11 is 6.72. The Morgan fingerprint density at radius 2 is 2.00 bits per heavy atom. The minimum absolute atomic E-state index is 0.0988. The molecule has 1 fully saturated rings.